The number of sulfonamides is 1. The van der Waals surface area contributed by atoms with Gasteiger partial charge in [0.15, 0.2) is 0 Å². The molecule has 1 atom stereocenters. The zero-order valence-electron chi connectivity index (χ0n) is 24.3. The smallest absolute Gasteiger partial charge is 0.244 e. The Labute approximate surface area is 244 Å². The second kappa shape index (κ2) is 13.8. The number of nitrogens with one attached hydrogen (secondary N) is 1. The molecule has 1 aliphatic rings. The number of rotatable bonds is 12. The molecule has 0 unspecified atom stereocenters. The minimum Gasteiger partial charge on any atom is -0.352 e. The van der Waals surface area contributed by atoms with Crippen molar-refractivity contribution < 1.29 is 18.0 Å². The van der Waals surface area contributed by atoms with Crippen LogP contribution in [0.3, 0.4) is 0 Å². The molecular formula is C33H41N3O4S. The number of aryl methyl sites for hydroxylation is 2. The molecule has 0 radical (unpaired) electrons. The van der Waals surface area contributed by atoms with E-state index in [2.05, 4.69) is 5.32 Å². The van der Waals surface area contributed by atoms with Crippen LogP contribution in [0.5, 0.6) is 0 Å². The van der Waals surface area contributed by atoms with Gasteiger partial charge in [0.05, 0.1) is 11.9 Å². The zero-order valence-corrected chi connectivity index (χ0v) is 25.1. The van der Waals surface area contributed by atoms with E-state index < -0.39 is 28.5 Å². The minimum atomic E-state index is -3.80. The standard InChI is InChI=1S/C33H41N3O4S/c1-4-28-14-8-11-17-30(28)36(41(3,39)40)24-32(37)35(23-27-20-18-25(2)19-21-27)31(22-26-12-6-5-7-13-26)33(38)34-29-15-9-10-16-29/h5-8,11-14,17-21,29,31H,4,9-10,15-16,22-24H2,1-3H3,(H,34,38)/t31-/m1/s1. The van der Waals surface area contributed by atoms with Gasteiger partial charge < -0.3 is 10.2 Å². The first-order chi connectivity index (χ1) is 19.7. The van der Waals surface area contributed by atoms with Crippen molar-refractivity contribution in [2.24, 2.45) is 0 Å². The highest BCUT2D eigenvalue weighted by Gasteiger charge is 2.34. The summed E-state index contributed by atoms with van der Waals surface area (Å²) in [6.45, 7) is 3.73. The average Bonchev–Trinajstić information content (AvgIpc) is 3.47. The zero-order chi connectivity index (χ0) is 29.4. The van der Waals surface area contributed by atoms with Crippen LogP contribution in [0.25, 0.3) is 0 Å². The fourth-order valence-electron chi connectivity index (χ4n) is 5.46. The molecule has 0 heterocycles. The molecule has 0 aromatic heterocycles. The van der Waals surface area contributed by atoms with Gasteiger partial charge in [0.25, 0.3) is 0 Å². The van der Waals surface area contributed by atoms with Gasteiger partial charge in [0, 0.05) is 19.0 Å². The molecule has 0 bridgehead atoms. The van der Waals surface area contributed by atoms with Crippen LogP contribution in [-0.4, -0.2) is 50.0 Å². The van der Waals surface area contributed by atoms with Gasteiger partial charge in [0.2, 0.25) is 21.8 Å². The third-order valence-electron chi connectivity index (χ3n) is 7.77. The number of carbonyl (C=O) groups is 2. The second-order valence-electron chi connectivity index (χ2n) is 11.0. The van der Waals surface area contributed by atoms with Crippen LogP contribution in [0.1, 0.15) is 54.9 Å². The van der Waals surface area contributed by atoms with E-state index in [1.165, 1.54) is 4.31 Å². The van der Waals surface area contributed by atoms with Gasteiger partial charge in [-0.25, -0.2) is 8.42 Å². The maximum atomic E-state index is 14.3. The summed E-state index contributed by atoms with van der Waals surface area (Å²) < 4.78 is 27.3. The van der Waals surface area contributed by atoms with E-state index >= 15 is 0 Å². The number of hydrogen-bond donors (Lipinski definition) is 1. The lowest BCUT2D eigenvalue weighted by Crippen LogP contribution is -2.54. The van der Waals surface area contributed by atoms with Crippen molar-refractivity contribution in [3.05, 3.63) is 101 Å². The van der Waals surface area contributed by atoms with Crippen LogP contribution in [0.2, 0.25) is 0 Å². The van der Waals surface area contributed by atoms with E-state index in [1.54, 1.807) is 17.0 Å². The van der Waals surface area contributed by atoms with Gasteiger partial charge in [-0.15, -0.1) is 0 Å². The average molecular weight is 576 g/mol. The molecule has 1 saturated carbocycles. The Morgan fingerprint density at radius 2 is 1.54 bits per heavy atom. The number of para-hydroxylation sites is 1. The monoisotopic (exact) mass is 575 g/mol. The fraction of sp³-hybridized carbons (Fsp3) is 0.394. The van der Waals surface area contributed by atoms with E-state index in [9.17, 15) is 18.0 Å². The quantitative estimate of drug-likeness (QED) is 0.329. The maximum Gasteiger partial charge on any atom is 0.244 e. The first kappa shape index (κ1) is 30.3. The van der Waals surface area contributed by atoms with E-state index in [-0.39, 0.29) is 18.5 Å². The molecular weight excluding hydrogens is 534 g/mol. The minimum absolute atomic E-state index is 0.0843. The van der Waals surface area contributed by atoms with E-state index in [0.717, 1.165) is 54.2 Å². The Hall–Kier alpha value is -3.65. The second-order valence-corrected chi connectivity index (χ2v) is 12.9. The molecule has 0 spiro atoms. The first-order valence-corrected chi connectivity index (χ1v) is 16.3. The van der Waals surface area contributed by atoms with Gasteiger partial charge >= 0.3 is 0 Å². The first-order valence-electron chi connectivity index (χ1n) is 14.4. The Morgan fingerprint density at radius 1 is 0.902 bits per heavy atom. The largest absolute Gasteiger partial charge is 0.352 e. The molecule has 7 nitrogen and oxygen atoms in total. The molecule has 1 aliphatic carbocycles. The van der Waals surface area contributed by atoms with Crippen LogP contribution >= 0.6 is 0 Å². The summed E-state index contributed by atoms with van der Waals surface area (Å²) >= 11 is 0. The molecule has 8 heteroatoms. The van der Waals surface area contributed by atoms with Crippen molar-refractivity contribution in [2.75, 3.05) is 17.1 Å². The summed E-state index contributed by atoms with van der Waals surface area (Å²) in [4.78, 5) is 29.7. The molecule has 0 aliphatic heterocycles. The van der Waals surface area contributed by atoms with E-state index in [1.807, 2.05) is 80.6 Å². The van der Waals surface area contributed by atoms with Gasteiger partial charge in [-0.2, -0.15) is 0 Å². The van der Waals surface area contributed by atoms with Gasteiger partial charge in [-0.05, 0) is 48.9 Å². The molecule has 0 saturated heterocycles. The SMILES string of the molecule is CCc1ccccc1N(CC(=O)N(Cc1ccc(C)cc1)[C@H](Cc1ccccc1)C(=O)NC1CCCC1)S(C)(=O)=O. The highest BCUT2D eigenvalue weighted by molar-refractivity contribution is 7.92. The molecule has 3 aromatic carbocycles. The highest BCUT2D eigenvalue weighted by atomic mass is 32.2. The number of benzene rings is 3. The normalized spacial score (nSPS) is 14.4. The van der Waals surface area contributed by atoms with Crippen molar-refractivity contribution in [3.8, 4) is 0 Å². The number of hydrogen-bond acceptors (Lipinski definition) is 4. The third kappa shape index (κ3) is 8.19. The van der Waals surface area contributed by atoms with Crippen LogP contribution in [0.15, 0.2) is 78.9 Å². The number of anilines is 1. The van der Waals surface area contributed by atoms with Gasteiger partial charge in [0.1, 0.15) is 12.6 Å². The van der Waals surface area contributed by atoms with Crippen LogP contribution < -0.4 is 9.62 Å². The lowest BCUT2D eigenvalue weighted by Gasteiger charge is -2.34. The summed E-state index contributed by atoms with van der Waals surface area (Å²) in [7, 11) is -3.80. The molecule has 218 valence electrons. The Morgan fingerprint density at radius 3 is 2.17 bits per heavy atom. The summed E-state index contributed by atoms with van der Waals surface area (Å²) in [5, 5.41) is 3.20. The lowest BCUT2D eigenvalue weighted by atomic mass is 10.0. The highest BCUT2D eigenvalue weighted by Crippen LogP contribution is 2.25. The predicted octanol–water partition coefficient (Wildman–Crippen LogP) is 5.02. The van der Waals surface area contributed by atoms with Crippen molar-refractivity contribution in [1.29, 1.82) is 0 Å². The molecule has 1 fully saturated rings. The topological polar surface area (TPSA) is 86.8 Å². The Balaban J connectivity index is 1.73. The molecule has 1 N–H and O–H groups in total. The number of nitrogens with zero attached hydrogens (tertiary/aromatic N) is 2. The third-order valence-corrected chi connectivity index (χ3v) is 8.89. The van der Waals surface area contributed by atoms with Gasteiger partial charge in [-0.1, -0.05) is 98.1 Å². The van der Waals surface area contributed by atoms with E-state index in [4.69, 9.17) is 0 Å². The molecule has 2 amide bonds. The lowest BCUT2D eigenvalue weighted by molar-refractivity contribution is -0.140. The van der Waals surface area contributed by atoms with Crippen molar-refractivity contribution >= 4 is 27.5 Å². The number of amides is 2. The number of carbonyl (C=O) groups excluding carboxylic acids is 2. The van der Waals surface area contributed by atoms with Crippen LogP contribution in [0, 0.1) is 6.92 Å². The van der Waals surface area contributed by atoms with E-state index in [0.29, 0.717) is 18.5 Å². The van der Waals surface area contributed by atoms with Gasteiger partial charge in [-0.3, -0.25) is 13.9 Å². The summed E-state index contributed by atoms with van der Waals surface area (Å²) in [5.74, 6) is -0.634. The predicted molar refractivity (Wildman–Crippen MR) is 164 cm³/mol. The summed E-state index contributed by atoms with van der Waals surface area (Å²) in [6.07, 6.45) is 6.04. The maximum absolute atomic E-state index is 14.3. The fourth-order valence-corrected chi connectivity index (χ4v) is 6.34. The Bertz CT molecular complexity index is 1420. The molecule has 4 rings (SSSR count). The van der Waals surface area contributed by atoms with Crippen molar-refractivity contribution in [3.63, 3.8) is 0 Å². The summed E-state index contributed by atoms with van der Waals surface area (Å²) in [6, 6.07) is 24.0. The van der Waals surface area contributed by atoms with Crippen molar-refractivity contribution in [2.45, 2.75) is 71.0 Å². The molecule has 3 aromatic rings. The van der Waals surface area contributed by atoms with Crippen LogP contribution in [0.4, 0.5) is 5.69 Å². The van der Waals surface area contributed by atoms with Crippen LogP contribution in [-0.2, 0) is 39.0 Å². The summed E-state index contributed by atoms with van der Waals surface area (Å²) in [5.41, 5.74) is 4.20. The van der Waals surface area contributed by atoms with Crippen molar-refractivity contribution in [1.82, 2.24) is 10.2 Å². The molecule has 41 heavy (non-hydrogen) atoms. The Kier molecular flexibility index (Phi) is 10.2.